The van der Waals surface area contributed by atoms with Crippen molar-refractivity contribution in [2.75, 3.05) is 6.54 Å². The summed E-state index contributed by atoms with van der Waals surface area (Å²) in [6, 6.07) is 17.3. The van der Waals surface area contributed by atoms with Crippen molar-refractivity contribution in [2.45, 2.75) is 19.6 Å². The molecule has 1 aliphatic heterocycles. The van der Waals surface area contributed by atoms with Crippen molar-refractivity contribution in [1.82, 2.24) is 9.88 Å². The smallest absolute Gasteiger partial charge is 0.256 e. The molecule has 5 heteroatoms. The SMILES string of the molecule is C#Cc1cccc(CN2CCc3nc(OCc4cccc(F)c4)ccc3C2=O)c1. The number of ether oxygens (including phenoxy) is 1. The molecule has 0 spiro atoms. The van der Waals surface area contributed by atoms with Crippen molar-refractivity contribution in [2.24, 2.45) is 0 Å². The maximum atomic E-state index is 13.3. The van der Waals surface area contributed by atoms with Crippen LogP contribution in [-0.4, -0.2) is 22.3 Å². The second kappa shape index (κ2) is 8.15. The van der Waals surface area contributed by atoms with Crippen molar-refractivity contribution < 1.29 is 13.9 Å². The van der Waals surface area contributed by atoms with E-state index in [-0.39, 0.29) is 18.3 Å². The first kappa shape index (κ1) is 18.7. The van der Waals surface area contributed by atoms with Gasteiger partial charge in [0.1, 0.15) is 12.4 Å². The fourth-order valence-electron chi connectivity index (χ4n) is 3.37. The third-order valence-corrected chi connectivity index (χ3v) is 4.83. The zero-order valence-corrected chi connectivity index (χ0v) is 15.8. The summed E-state index contributed by atoms with van der Waals surface area (Å²) in [5.41, 5.74) is 3.83. The van der Waals surface area contributed by atoms with Gasteiger partial charge in [0.15, 0.2) is 0 Å². The van der Waals surface area contributed by atoms with E-state index in [4.69, 9.17) is 11.2 Å². The number of rotatable bonds is 5. The topological polar surface area (TPSA) is 42.4 Å². The van der Waals surface area contributed by atoms with Crippen LogP contribution in [0.4, 0.5) is 4.39 Å². The number of aromatic nitrogens is 1. The molecule has 4 nitrogen and oxygen atoms in total. The fourth-order valence-corrected chi connectivity index (χ4v) is 3.37. The summed E-state index contributed by atoms with van der Waals surface area (Å²) in [4.78, 5) is 19.1. The molecule has 0 fully saturated rings. The van der Waals surface area contributed by atoms with Crippen LogP contribution in [0.3, 0.4) is 0 Å². The summed E-state index contributed by atoms with van der Waals surface area (Å²) in [5.74, 6) is 2.69. The molecule has 144 valence electrons. The molecule has 0 bridgehead atoms. The number of benzene rings is 2. The third kappa shape index (κ3) is 4.27. The quantitative estimate of drug-likeness (QED) is 0.623. The number of fused-ring (bicyclic) bond motifs is 1. The van der Waals surface area contributed by atoms with E-state index in [0.29, 0.717) is 31.0 Å². The summed E-state index contributed by atoms with van der Waals surface area (Å²) < 4.78 is 18.9. The number of hydrogen-bond donors (Lipinski definition) is 0. The van der Waals surface area contributed by atoms with Crippen LogP contribution < -0.4 is 4.74 Å². The molecule has 1 aromatic heterocycles. The molecule has 0 saturated heterocycles. The van der Waals surface area contributed by atoms with Crippen LogP contribution >= 0.6 is 0 Å². The molecule has 1 aliphatic rings. The van der Waals surface area contributed by atoms with Gasteiger partial charge >= 0.3 is 0 Å². The minimum absolute atomic E-state index is 0.0541. The van der Waals surface area contributed by atoms with Crippen molar-refractivity contribution in [3.05, 3.63) is 94.4 Å². The fraction of sp³-hybridized carbons (Fsp3) is 0.167. The molecule has 1 amide bonds. The van der Waals surface area contributed by atoms with Crippen molar-refractivity contribution in [1.29, 1.82) is 0 Å². The van der Waals surface area contributed by atoms with Gasteiger partial charge in [-0.05, 0) is 41.5 Å². The molecule has 2 aromatic carbocycles. The van der Waals surface area contributed by atoms with Crippen LogP contribution in [-0.2, 0) is 19.6 Å². The Kier molecular flexibility index (Phi) is 5.26. The Morgan fingerprint density at radius 3 is 2.76 bits per heavy atom. The van der Waals surface area contributed by atoms with Crippen LogP contribution in [0.15, 0.2) is 60.7 Å². The molecule has 2 heterocycles. The van der Waals surface area contributed by atoms with Gasteiger partial charge in [0.25, 0.3) is 5.91 Å². The summed E-state index contributed by atoms with van der Waals surface area (Å²) in [6.07, 6.45) is 6.10. The van der Waals surface area contributed by atoms with Gasteiger partial charge in [-0.2, -0.15) is 0 Å². The number of terminal acetylenes is 1. The van der Waals surface area contributed by atoms with Crippen molar-refractivity contribution >= 4 is 5.91 Å². The molecular formula is C24H19FN2O2. The van der Waals surface area contributed by atoms with E-state index in [0.717, 1.165) is 22.4 Å². The number of pyridine rings is 1. The standard InChI is InChI=1S/C24H19FN2O2/c1-2-17-5-3-6-18(13-17)15-27-12-11-22-21(24(27)28)9-10-23(26-22)29-16-19-7-4-8-20(25)14-19/h1,3-10,13-14H,11-12,15-16H2. The van der Waals surface area contributed by atoms with Crippen molar-refractivity contribution in [3.63, 3.8) is 0 Å². The largest absolute Gasteiger partial charge is 0.473 e. The number of carbonyl (C=O) groups excluding carboxylic acids is 1. The van der Waals surface area contributed by atoms with Gasteiger partial charge in [0, 0.05) is 31.1 Å². The average Bonchev–Trinajstić information content (AvgIpc) is 2.74. The lowest BCUT2D eigenvalue weighted by atomic mass is 10.0. The highest BCUT2D eigenvalue weighted by molar-refractivity contribution is 5.96. The van der Waals surface area contributed by atoms with E-state index in [1.54, 1.807) is 29.2 Å². The lowest BCUT2D eigenvalue weighted by Crippen LogP contribution is -2.37. The third-order valence-electron chi connectivity index (χ3n) is 4.83. The van der Waals surface area contributed by atoms with Crippen LogP contribution in [0.5, 0.6) is 5.88 Å². The van der Waals surface area contributed by atoms with Crippen molar-refractivity contribution in [3.8, 4) is 18.2 Å². The summed E-state index contributed by atoms with van der Waals surface area (Å²) in [7, 11) is 0. The second-order valence-corrected chi connectivity index (χ2v) is 6.88. The van der Waals surface area contributed by atoms with Gasteiger partial charge in [-0.25, -0.2) is 9.37 Å². The molecule has 0 saturated carbocycles. The summed E-state index contributed by atoms with van der Waals surface area (Å²) >= 11 is 0. The zero-order valence-electron chi connectivity index (χ0n) is 15.8. The Labute approximate surface area is 169 Å². The molecule has 3 aromatic rings. The van der Waals surface area contributed by atoms with Gasteiger partial charge < -0.3 is 9.64 Å². The molecule has 0 aliphatic carbocycles. The number of amides is 1. The van der Waals surface area contributed by atoms with Crippen LogP contribution in [0.1, 0.15) is 32.7 Å². The second-order valence-electron chi connectivity index (χ2n) is 6.88. The predicted octanol–water partition coefficient (Wildman–Crippen LogP) is 3.98. The average molecular weight is 386 g/mol. The van der Waals surface area contributed by atoms with E-state index in [2.05, 4.69) is 10.9 Å². The molecule has 4 rings (SSSR count). The van der Waals surface area contributed by atoms with E-state index < -0.39 is 0 Å². The Balaban J connectivity index is 1.45. The number of carbonyl (C=O) groups is 1. The first-order valence-electron chi connectivity index (χ1n) is 9.34. The molecular weight excluding hydrogens is 367 g/mol. The number of hydrogen-bond acceptors (Lipinski definition) is 3. The summed E-state index contributed by atoms with van der Waals surface area (Å²) in [5, 5.41) is 0. The van der Waals surface area contributed by atoms with Crippen LogP contribution in [0.2, 0.25) is 0 Å². The Bertz CT molecular complexity index is 1100. The Morgan fingerprint density at radius 1 is 1.10 bits per heavy atom. The highest BCUT2D eigenvalue weighted by Crippen LogP contribution is 2.22. The lowest BCUT2D eigenvalue weighted by Gasteiger charge is -2.28. The monoisotopic (exact) mass is 386 g/mol. The molecule has 0 atom stereocenters. The minimum atomic E-state index is -0.303. The number of halogens is 1. The zero-order chi connectivity index (χ0) is 20.2. The van der Waals surface area contributed by atoms with E-state index in [1.807, 2.05) is 24.3 Å². The van der Waals surface area contributed by atoms with Gasteiger partial charge in [-0.3, -0.25) is 4.79 Å². The van der Waals surface area contributed by atoms with E-state index >= 15 is 0 Å². The van der Waals surface area contributed by atoms with Gasteiger partial charge in [-0.1, -0.05) is 30.2 Å². The number of nitrogens with zero attached hydrogens (tertiary/aromatic N) is 2. The molecule has 29 heavy (non-hydrogen) atoms. The molecule has 0 unspecified atom stereocenters. The Hall–Kier alpha value is -3.65. The normalized spacial score (nSPS) is 13.0. The van der Waals surface area contributed by atoms with Crippen LogP contribution in [0, 0.1) is 18.2 Å². The first-order valence-corrected chi connectivity index (χ1v) is 9.34. The van der Waals surface area contributed by atoms with Gasteiger partial charge in [0.05, 0.1) is 11.3 Å². The minimum Gasteiger partial charge on any atom is -0.473 e. The van der Waals surface area contributed by atoms with E-state index in [1.165, 1.54) is 12.1 Å². The molecule has 0 N–H and O–H groups in total. The van der Waals surface area contributed by atoms with Gasteiger partial charge in [-0.15, -0.1) is 6.42 Å². The summed E-state index contributed by atoms with van der Waals surface area (Å²) in [6.45, 7) is 1.30. The highest BCUT2D eigenvalue weighted by atomic mass is 19.1. The highest BCUT2D eigenvalue weighted by Gasteiger charge is 2.25. The lowest BCUT2D eigenvalue weighted by molar-refractivity contribution is 0.0724. The maximum Gasteiger partial charge on any atom is 0.256 e. The van der Waals surface area contributed by atoms with Gasteiger partial charge in [0.2, 0.25) is 5.88 Å². The van der Waals surface area contributed by atoms with E-state index in [9.17, 15) is 9.18 Å². The maximum absolute atomic E-state index is 13.3. The van der Waals surface area contributed by atoms with Crippen LogP contribution in [0.25, 0.3) is 0 Å². The molecule has 0 radical (unpaired) electrons. The first-order chi connectivity index (χ1) is 14.1. The predicted molar refractivity (Wildman–Crippen MR) is 108 cm³/mol. The Morgan fingerprint density at radius 2 is 1.93 bits per heavy atom.